The summed E-state index contributed by atoms with van der Waals surface area (Å²) in [5.41, 5.74) is 5.24. The minimum atomic E-state index is -0.133. The molecule has 1 amide bonds. The van der Waals surface area contributed by atoms with E-state index in [1.54, 1.807) is 0 Å². The van der Waals surface area contributed by atoms with Crippen LogP contribution >= 0.6 is 0 Å². The summed E-state index contributed by atoms with van der Waals surface area (Å²) in [4.78, 5) is 19.8. The summed E-state index contributed by atoms with van der Waals surface area (Å²) in [6.07, 6.45) is 5.72. The number of nitrogens with zero attached hydrogens (tertiary/aromatic N) is 3. The first-order valence-electron chi connectivity index (χ1n) is 9.24. The number of anilines is 2. The smallest absolute Gasteiger partial charge is 0.274 e. The Labute approximate surface area is 153 Å². The van der Waals surface area contributed by atoms with Crippen LogP contribution in [-0.4, -0.2) is 28.4 Å². The first-order chi connectivity index (χ1) is 12.6. The Bertz CT molecular complexity index is 937. The van der Waals surface area contributed by atoms with E-state index in [1.807, 2.05) is 48.7 Å². The quantitative estimate of drug-likeness (QED) is 0.772. The van der Waals surface area contributed by atoms with Gasteiger partial charge in [0.2, 0.25) is 0 Å². The molecule has 4 rings (SSSR count). The van der Waals surface area contributed by atoms with Gasteiger partial charge in [-0.2, -0.15) is 0 Å². The molecule has 0 radical (unpaired) electrons. The predicted octanol–water partition coefficient (Wildman–Crippen LogP) is 4.19. The number of nitrogens with one attached hydrogen (secondary N) is 1. The van der Waals surface area contributed by atoms with Crippen molar-refractivity contribution in [2.24, 2.45) is 0 Å². The molecule has 1 aliphatic rings. The summed E-state index contributed by atoms with van der Waals surface area (Å²) in [5.74, 6) is -0.133. The summed E-state index contributed by atoms with van der Waals surface area (Å²) in [7, 11) is 0. The fourth-order valence-corrected chi connectivity index (χ4v) is 3.69. The summed E-state index contributed by atoms with van der Waals surface area (Å²) in [6, 6.07) is 12.1. The molecule has 0 saturated carbocycles. The van der Waals surface area contributed by atoms with Gasteiger partial charge in [0, 0.05) is 30.7 Å². The average Bonchev–Trinajstić information content (AvgIpc) is 3.00. The molecule has 26 heavy (non-hydrogen) atoms. The first-order valence-corrected chi connectivity index (χ1v) is 9.24. The van der Waals surface area contributed by atoms with Gasteiger partial charge in [-0.05, 0) is 69.0 Å². The summed E-state index contributed by atoms with van der Waals surface area (Å²) in [5, 5.41) is 3.01. The van der Waals surface area contributed by atoms with Gasteiger partial charge < -0.3 is 10.2 Å². The van der Waals surface area contributed by atoms with Gasteiger partial charge in [0.15, 0.2) is 0 Å². The Hall–Kier alpha value is -2.82. The van der Waals surface area contributed by atoms with E-state index in [9.17, 15) is 4.79 Å². The van der Waals surface area contributed by atoms with Crippen LogP contribution in [0.1, 0.15) is 41.0 Å². The van der Waals surface area contributed by atoms with E-state index in [0.717, 1.165) is 35.7 Å². The maximum atomic E-state index is 12.8. The second kappa shape index (κ2) is 6.83. The third-order valence-corrected chi connectivity index (χ3v) is 5.08. The second-order valence-corrected chi connectivity index (χ2v) is 6.98. The van der Waals surface area contributed by atoms with Gasteiger partial charge in [0.1, 0.15) is 11.3 Å². The highest BCUT2D eigenvalue weighted by Crippen LogP contribution is 2.23. The van der Waals surface area contributed by atoms with Crippen molar-refractivity contribution in [3.05, 3.63) is 59.5 Å². The van der Waals surface area contributed by atoms with Gasteiger partial charge in [0.05, 0.1) is 5.69 Å². The molecule has 3 aromatic rings. The lowest BCUT2D eigenvalue weighted by atomic mass is 10.1. The van der Waals surface area contributed by atoms with E-state index in [1.165, 1.54) is 24.9 Å². The van der Waals surface area contributed by atoms with Crippen LogP contribution in [0.4, 0.5) is 11.4 Å². The number of hydrogen-bond acceptors (Lipinski definition) is 3. The number of benzene rings is 1. The van der Waals surface area contributed by atoms with E-state index in [2.05, 4.69) is 27.3 Å². The number of imidazole rings is 1. The Morgan fingerprint density at radius 2 is 1.77 bits per heavy atom. The van der Waals surface area contributed by atoms with Crippen molar-refractivity contribution in [3.63, 3.8) is 0 Å². The number of aryl methyl sites for hydroxylation is 2. The van der Waals surface area contributed by atoms with Gasteiger partial charge >= 0.3 is 0 Å². The minimum Gasteiger partial charge on any atom is -0.372 e. The third kappa shape index (κ3) is 3.05. The molecule has 5 heteroatoms. The van der Waals surface area contributed by atoms with Crippen molar-refractivity contribution in [3.8, 4) is 0 Å². The largest absolute Gasteiger partial charge is 0.372 e. The Balaban J connectivity index is 1.55. The van der Waals surface area contributed by atoms with Crippen LogP contribution < -0.4 is 10.2 Å². The van der Waals surface area contributed by atoms with Crippen LogP contribution in [0.15, 0.2) is 42.6 Å². The lowest BCUT2D eigenvalue weighted by Gasteiger charge is -2.28. The molecule has 0 atom stereocenters. The van der Waals surface area contributed by atoms with Crippen molar-refractivity contribution in [2.45, 2.75) is 33.1 Å². The van der Waals surface area contributed by atoms with Gasteiger partial charge in [0.25, 0.3) is 5.91 Å². The number of carbonyl (C=O) groups excluding carboxylic acids is 1. The zero-order valence-electron chi connectivity index (χ0n) is 15.3. The molecule has 134 valence electrons. The highest BCUT2D eigenvalue weighted by atomic mass is 16.2. The first kappa shape index (κ1) is 16.6. The van der Waals surface area contributed by atoms with Crippen molar-refractivity contribution in [2.75, 3.05) is 23.3 Å². The molecular formula is C21H24N4O. The van der Waals surface area contributed by atoms with Crippen molar-refractivity contribution in [1.82, 2.24) is 9.38 Å². The number of carbonyl (C=O) groups is 1. The Morgan fingerprint density at radius 3 is 2.50 bits per heavy atom. The van der Waals surface area contributed by atoms with Gasteiger partial charge in [-0.15, -0.1) is 0 Å². The zero-order valence-corrected chi connectivity index (χ0v) is 15.3. The Morgan fingerprint density at radius 1 is 1.04 bits per heavy atom. The van der Waals surface area contributed by atoms with Crippen molar-refractivity contribution in [1.29, 1.82) is 0 Å². The fraction of sp³-hybridized carbons (Fsp3) is 0.333. The lowest BCUT2D eigenvalue weighted by Crippen LogP contribution is -2.29. The zero-order chi connectivity index (χ0) is 18.1. The molecule has 1 saturated heterocycles. The van der Waals surface area contributed by atoms with Crippen LogP contribution in [-0.2, 0) is 0 Å². The minimum absolute atomic E-state index is 0.133. The van der Waals surface area contributed by atoms with E-state index in [-0.39, 0.29) is 5.91 Å². The Kier molecular flexibility index (Phi) is 4.37. The molecule has 1 aliphatic heterocycles. The normalized spacial score (nSPS) is 14.6. The number of rotatable bonds is 3. The molecule has 1 N–H and O–H groups in total. The maximum Gasteiger partial charge on any atom is 0.274 e. The van der Waals surface area contributed by atoms with Crippen LogP contribution in [0.3, 0.4) is 0 Å². The number of amides is 1. The molecule has 3 heterocycles. The molecule has 0 unspecified atom stereocenters. The highest BCUT2D eigenvalue weighted by molar-refractivity contribution is 6.04. The van der Waals surface area contributed by atoms with E-state index < -0.39 is 0 Å². The summed E-state index contributed by atoms with van der Waals surface area (Å²) in [6.45, 7) is 6.11. The average molecular weight is 348 g/mol. The monoisotopic (exact) mass is 348 g/mol. The van der Waals surface area contributed by atoms with E-state index in [4.69, 9.17) is 0 Å². The number of hydrogen-bond donors (Lipinski definition) is 1. The topological polar surface area (TPSA) is 49.6 Å². The molecule has 2 aromatic heterocycles. The van der Waals surface area contributed by atoms with Gasteiger partial charge in [-0.3, -0.25) is 9.20 Å². The predicted molar refractivity (Wildman–Crippen MR) is 105 cm³/mol. The summed E-state index contributed by atoms with van der Waals surface area (Å²) >= 11 is 0. The maximum absolute atomic E-state index is 12.8. The van der Waals surface area contributed by atoms with Crippen LogP contribution in [0, 0.1) is 13.8 Å². The van der Waals surface area contributed by atoms with Gasteiger partial charge in [-0.25, -0.2) is 4.98 Å². The third-order valence-electron chi connectivity index (χ3n) is 5.08. The second-order valence-electron chi connectivity index (χ2n) is 6.98. The van der Waals surface area contributed by atoms with Crippen LogP contribution in [0.5, 0.6) is 0 Å². The van der Waals surface area contributed by atoms with Crippen LogP contribution in [0.2, 0.25) is 0 Å². The molecule has 1 aromatic carbocycles. The van der Waals surface area contributed by atoms with Crippen LogP contribution in [0.25, 0.3) is 5.65 Å². The van der Waals surface area contributed by atoms with Gasteiger partial charge in [-0.1, -0.05) is 6.07 Å². The highest BCUT2D eigenvalue weighted by Gasteiger charge is 2.18. The number of aromatic nitrogens is 2. The number of pyridine rings is 1. The summed E-state index contributed by atoms with van der Waals surface area (Å²) < 4.78 is 1.86. The lowest BCUT2D eigenvalue weighted by molar-refractivity contribution is 0.102. The molecule has 1 fully saturated rings. The molecule has 5 nitrogen and oxygen atoms in total. The van der Waals surface area contributed by atoms with E-state index >= 15 is 0 Å². The van der Waals surface area contributed by atoms with Crippen molar-refractivity contribution < 1.29 is 4.79 Å². The number of piperidine rings is 1. The van der Waals surface area contributed by atoms with E-state index in [0.29, 0.717) is 5.69 Å². The fourth-order valence-electron chi connectivity index (χ4n) is 3.69. The van der Waals surface area contributed by atoms with Crippen molar-refractivity contribution >= 4 is 22.9 Å². The molecule has 0 spiro atoms. The standard InChI is InChI=1S/C21H24N4O/c1-15-7-6-14-25-19(16(2)22-20(15)25)21(26)23-17-8-10-18(11-9-17)24-12-4-3-5-13-24/h6-11,14H,3-5,12-13H2,1-2H3,(H,23,26). The number of fused-ring (bicyclic) bond motifs is 1. The SMILES string of the molecule is Cc1nc2c(C)cccn2c1C(=O)Nc1ccc(N2CCCCC2)cc1. The molecule has 0 aliphatic carbocycles. The molecular weight excluding hydrogens is 324 g/mol. The molecule has 0 bridgehead atoms.